The van der Waals surface area contributed by atoms with E-state index in [0.29, 0.717) is 5.56 Å². The van der Waals surface area contributed by atoms with E-state index in [9.17, 15) is 24.0 Å². The topological polar surface area (TPSA) is 113 Å². The van der Waals surface area contributed by atoms with Gasteiger partial charge in [-0.25, -0.2) is 0 Å². The normalized spacial score (nSPS) is 22.3. The molecule has 2 heterocycles. The summed E-state index contributed by atoms with van der Waals surface area (Å²) < 4.78 is 0. The third-order valence-corrected chi connectivity index (χ3v) is 4.96. The lowest BCUT2D eigenvalue weighted by Gasteiger charge is -2.27. The fourth-order valence-corrected chi connectivity index (χ4v) is 3.40. The van der Waals surface area contributed by atoms with Crippen molar-refractivity contribution in [3.05, 3.63) is 34.9 Å². The molecule has 1 aromatic carbocycles. The minimum atomic E-state index is -0.992. The smallest absolute Gasteiger partial charge is 0.262 e. The molecule has 26 heavy (non-hydrogen) atoms. The molecule has 0 radical (unpaired) electrons. The van der Waals surface area contributed by atoms with Gasteiger partial charge in [0.1, 0.15) is 6.04 Å². The van der Waals surface area contributed by atoms with Gasteiger partial charge in [-0.2, -0.15) is 0 Å². The standard InChI is InChI=1S/C18H17N3O5/c22-13-7-6-12(16(24)20-13)21-17(25)11-3-1-2-10(14(11)18(21)26)8-19-15(23)9-4-5-9/h1-3,9,12H,4-8H2,(H,19,23)(H,20,22,24)/t12-/m0/s1. The highest BCUT2D eigenvalue weighted by atomic mass is 16.2. The van der Waals surface area contributed by atoms with Crippen LogP contribution in [0.5, 0.6) is 0 Å². The van der Waals surface area contributed by atoms with Gasteiger partial charge in [-0.3, -0.25) is 34.2 Å². The number of carbonyl (C=O) groups is 5. The number of piperidine rings is 1. The van der Waals surface area contributed by atoms with Crippen molar-refractivity contribution in [2.24, 2.45) is 5.92 Å². The van der Waals surface area contributed by atoms with Crippen LogP contribution >= 0.6 is 0 Å². The van der Waals surface area contributed by atoms with Crippen LogP contribution in [0.3, 0.4) is 0 Å². The molecule has 1 aliphatic carbocycles. The van der Waals surface area contributed by atoms with Crippen molar-refractivity contribution in [3.8, 4) is 0 Å². The number of hydrogen-bond donors (Lipinski definition) is 2. The first-order valence-electron chi connectivity index (χ1n) is 8.58. The highest BCUT2D eigenvalue weighted by molar-refractivity contribution is 6.24. The van der Waals surface area contributed by atoms with Gasteiger partial charge in [-0.15, -0.1) is 0 Å². The fraction of sp³-hybridized carbons (Fsp3) is 0.389. The van der Waals surface area contributed by atoms with Crippen LogP contribution in [-0.2, 0) is 20.9 Å². The molecule has 5 amide bonds. The van der Waals surface area contributed by atoms with E-state index < -0.39 is 29.7 Å². The Kier molecular flexibility index (Phi) is 3.82. The molecule has 0 unspecified atom stereocenters. The van der Waals surface area contributed by atoms with Crippen molar-refractivity contribution in [1.82, 2.24) is 15.5 Å². The van der Waals surface area contributed by atoms with Gasteiger partial charge in [0.2, 0.25) is 17.7 Å². The summed E-state index contributed by atoms with van der Waals surface area (Å²) in [5.41, 5.74) is 0.987. The summed E-state index contributed by atoms with van der Waals surface area (Å²) in [6, 6.07) is 3.88. The summed E-state index contributed by atoms with van der Waals surface area (Å²) in [5.74, 6) is -2.17. The second kappa shape index (κ2) is 6.05. The lowest BCUT2D eigenvalue weighted by atomic mass is 10.0. The fourth-order valence-electron chi connectivity index (χ4n) is 3.40. The van der Waals surface area contributed by atoms with Crippen molar-refractivity contribution in [2.45, 2.75) is 38.3 Å². The highest BCUT2D eigenvalue weighted by Gasteiger charge is 2.45. The summed E-state index contributed by atoms with van der Waals surface area (Å²) >= 11 is 0. The second-order valence-corrected chi connectivity index (χ2v) is 6.78. The van der Waals surface area contributed by atoms with Crippen LogP contribution in [0.2, 0.25) is 0 Å². The number of rotatable bonds is 4. The van der Waals surface area contributed by atoms with Gasteiger partial charge in [0.15, 0.2) is 0 Å². The van der Waals surface area contributed by atoms with Crippen LogP contribution in [-0.4, -0.2) is 40.5 Å². The molecule has 0 bridgehead atoms. The van der Waals surface area contributed by atoms with Crippen molar-refractivity contribution in [1.29, 1.82) is 0 Å². The SMILES string of the molecule is O=C1CC[C@H](N2C(=O)c3cccc(CNC(=O)C4CC4)c3C2=O)C(=O)N1. The Morgan fingerprint density at radius 1 is 1.12 bits per heavy atom. The molecule has 8 nitrogen and oxygen atoms in total. The molecule has 1 saturated carbocycles. The van der Waals surface area contributed by atoms with Gasteiger partial charge >= 0.3 is 0 Å². The molecule has 2 fully saturated rings. The van der Waals surface area contributed by atoms with Gasteiger partial charge < -0.3 is 5.32 Å². The molecule has 0 spiro atoms. The van der Waals surface area contributed by atoms with E-state index in [2.05, 4.69) is 10.6 Å². The number of hydrogen-bond acceptors (Lipinski definition) is 5. The van der Waals surface area contributed by atoms with Gasteiger partial charge in [-0.1, -0.05) is 12.1 Å². The Morgan fingerprint density at radius 2 is 1.88 bits per heavy atom. The number of amides is 5. The van der Waals surface area contributed by atoms with Gasteiger partial charge in [-0.05, 0) is 30.9 Å². The minimum absolute atomic E-state index is 0.0454. The first-order chi connectivity index (χ1) is 12.5. The summed E-state index contributed by atoms with van der Waals surface area (Å²) in [4.78, 5) is 61.7. The second-order valence-electron chi connectivity index (χ2n) is 6.78. The lowest BCUT2D eigenvalue weighted by molar-refractivity contribution is -0.136. The van der Waals surface area contributed by atoms with E-state index in [4.69, 9.17) is 0 Å². The van der Waals surface area contributed by atoms with E-state index in [0.717, 1.165) is 17.7 Å². The molecule has 8 heteroatoms. The molecule has 1 saturated heterocycles. The van der Waals surface area contributed by atoms with E-state index in [1.54, 1.807) is 12.1 Å². The molecule has 4 rings (SSSR count). The monoisotopic (exact) mass is 355 g/mol. The van der Waals surface area contributed by atoms with Crippen LogP contribution in [0.1, 0.15) is 52.0 Å². The summed E-state index contributed by atoms with van der Waals surface area (Å²) in [7, 11) is 0. The molecule has 2 aliphatic heterocycles. The number of imide groups is 2. The maximum atomic E-state index is 12.9. The minimum Gasteiger partial charge on any atom is -0.352 e. The maximum absolute atomic E-state index is 12.9. The van der Waals surface area contributed by atoms with Gasteiger partial charge in [0.25, 0.3) is 11.8 Å². The Bertz CT molecular complexity index is 858. The van der Waals surface area contributed by atoms with Crippen LogP contribution in [0.4, 0.5) is 0 Å². The Hall–Kier alpha value is -3.03. The predicted octanol–water partition coefficient (Wildman–Crippen LogP) is 0.114. The quantitative estimate of drug-likeness (QED) is 0.745. The number of benzene rings is 1. The maximum Gasteiger partial charge on any atom is 0.262 e. The Labute approximate surface area is 148 Å². The third kappa shape index (κ3) is 2.67. The molecular formula is C18H17N3O5. The van der Waals surface area contributed by atoms with Crippen LogP contribution in [0, 0.1) is 5.92 Å². The van der Waals surface area contributed by atoms with Crippen molar-refractivity contribution in [3.63, 3.8) is 0 Å². The van der Waals surface area contributed by atoms with Crippen LogP contribution < -0.4 is 10.6 Å². The first-order valence-corrected chi connectivity index (χ1v) is 8.58. The van der Waals surface area contributed by atoms with Crippen molar-refractivity contribution in [2.75, 3.05) is 0 Å². The largest absolute Gasteiger partial charge is 0.352 e. The number of fused-ring (bicyclic) bond motifs is 1. The molecule has 134 valence electrons. The van der Waals surface area contributed by atoms with Gasteiger partial charge in [0.05, 0.1) is 11.1 Å². The van der Waals surface area contributed by atoms with Crippen LogP contribution in [0.15, 0.2) is 18.2 Å². The molecule has 1 aromatic rings. The number of nitrogens with zero attached hydrogens (tertiary/aromatic N) is 1. The van der Waals surface area contributed by atoms with Crippen LogP contribution in [0.25, 0.3) is 0 Å². The molecule has 1 atom stereocenters. The van der Waals surface area contributed by atoms with E-state index in [-0.39, 0.29) is 42.3 Å². The van der Waals surface area contributed by atoms with Gasteiger partial charge in [0, 0.05) is 18.9 Å². The molecule has 2 N–H and O–H groups in total. The number of carbonyl (C=O) groups excluding carboxylic acids is 5. The summed E-state index contributed by atoms with van der Waals surface area (Å²) in [5, 5.41) is 4.96. The molecular weight excluding hydrogens is 338 g/mol. The summed E-state index contributed by atoms with van der Waals surface area (Å²) in [6.45, 7) is 0.153. The zero-order valence-electron chi connectivity index (χ0n) is 13.9. The predicted molar refractivity (Wildman–Crippen MR) is 87.7 cm³/mol. The van der Waals surface area contributed by atoms with Crippen molar-refractivity contribution >= 4 is 29.5 Å². The van der Waals surface area contributed by atoms with E-state index in [1.807, 2.05) is 0 Å². The van der Waals surface area contributed by atoms with E-state index in [1.165, 1.54) is 6.07 Å². The average Bonchev–Trinajstić information content (AvgIpc) is 3.42. The third-order valence-electron chi connectivity index (χ3n) is 4.96. The molecule has 0 aromatic heterocycles. The van der Waals surface area contributed by atoms with E-state index >= 15 is 0 Å². The highest BCUT2D eigenvalue weighted by Crippen LogP contribution is 2.31. The number of nitrogens with one attached hydrogen (secondary N) is 2. The summed E-state index contributed by atoms with van der Waals surface area (Å²) in [6.07, 6.45) is 1.94. The Balaban J connectivity index is 1.59. The Morgan fingerprint density at radius 3 is 2.58 bits per heavy atom. The zero-order chi connectivity index (χ0) is 18.4. The molecule has 3 aliphatic rings. The first kappa shape index (κ1) is 16.4. The lowest BCUT2D eigenvalue weighted by Crippen LogP contribution is -2.54. The average molecular weight is 355 g/mol. The zero-order valence-corrected chi connectivity index (χ0v) is 13.9. The van der Waals surface area contributed by atoms with Crippen molar-refractivity contribution < 1.29 is 24.0 Å².